The zero-order chi connectivity index (χ0) is 36.7. The van der Waals surface area contributed by atoms with E-state index in [4.69, 9.17) is 0 Å². The number of rotatable bonds is 4. The summed E-state index contributed by atoms with van der Waals surface area (Å²) in [6, 6.07) is 15.6. The number of allylic oxidation sites excluding steroid dienone is 8. The van der Waals surface area contributed by atoms with Crippen molar-refractivity contribution in [1.29, 1.82) is 31.6 Å². The maximum Gasteiger partial charge on any atom is 0.573 e. The van der Waals surface area contributed by atoms with Crippen molar-refractivity contribution < 1.29 is 44.6 Å². The van der Waals surface area contributed by atoms with Crippen molar-refractivity contribution >= 4 is 33.4 Å². The highest BCUT2D eigenvalue weighted by Crippen LogP contribution is 2.52. The first-order valence-corrected chi connectivity index (χ1v) is 13.3. The lowest BCUT2D eigenvalue weighted by molar-refractivity contribution is -0.275. The molecule has 0 N–H and O–H groups in total. The van der Waals surface area contributed by atoms with Gasteiger partial charge in [0.2, 0.25) is 0 Å². The van der Waals surface area contributed by atoms with Crippen LogP contribution in [0.25, 0.3) is 33.4 Å². The SMILES string of the molecule is N#CC(C#N)=C1C(c2cc(F)c(C3=C(C#N)c4cc(OC(F)(F)F)ccc4C3=C(C#N)C#N)cc2F)=C(C#N)c2cc(OC(F)(F)F)ccc21. The predicted octanol–water partition coefficient (Wildman–Crippen LogP) is 8.26. The summed E-state index contributed by atoms with van der Waals surface area (Å²) >= 11 is 0. The molecule has 2 aliphatic rings. The number of halogens is 8. The monoisotopic (exact) mass is 684 g/mol. The molecule has 50 heavy (non-hydrogen) atoms. The molecule has 0 heterocycles. The van der Waals surface area contributed by atoms with Gasteiger partial charge in [-0.1, -0.05) is 0 Å². The lowest BCUT2D eigenvalue weighted by atomic mass is 9.88. The Hall–Kier alpha value is -7.40. The van der Waals surface area contributed by atoms with Gasteiger partial charge in [0.05, 0.1) is 11.1 Å². The minimum Gasteiger partial charge on any atom is -0.406 e. The molecule has 2 aliphatic carbocycles. The van der Waals surface area contributed by atoms with Crippen molar-refractivity contribution in [3.8, 4) is 47.9 Å². The molecule has 0 saturated heterocycles. The lowest BCUT2D eigenvalue weighted by Crippen LogP contribution is -2.17. The topological polar surface area (TPSA) is 161 Å². The molecule has 16 heteroatoms. The van der Waals surface area contributed by atoms with E-state index in [9.17, 15) is 57.9 Å². The zero-order valence-corrected chi connectivity index (χ0v) is 24.1. The van der Waals surface area contributed by atoms with Gasteiger partial charge in [-0.2, -0.15) is 31.6 Å². The second-order valence-corrected chi connectivity index (χ2v) is 9.99. The van der Waals surface area contributed by atoms with Crippen molar-refractivity contribution in [3.63, 3.8) is 0 Å². The van der Waals surface area contributed by atoms with Crippen LogP contribution in [0.4, 0.5) is 35.1 Å². The lowest BCUT2D eigenvalue weighted by Gasteiger charge is -2.14. The summed E-state index contributed by atoms with van der Waals surface area (Å²) in [5.74, 6) is -4.39. The summed E-state index contributed by atoms with van der Waals surface area (Å²) in [4.78, 5) is 0. The number of hydrogen-bond acceptors (Lipinski definition) is 8. The molecule has 0 fully saturated rings. The molecule has 0 amide bonds. The van der Waals surface area contributed by atoms with Crippen LogP contribution in [0.2, 0.25) is 0 Å². The number of alkyl halides is 6. The number of ether oxygens (including phenoxy) is 2. The smallest absolute Gasteiger partial charge is 0.406 e. The van der Waals surface area contributed by atoms with E-state index in [0.29, 0.717) is 12.1 Å². The Morgan fingerprint density at radius 2 is 0.820 bits per heavy atom. The fourth-order valence-electron chi connectivity index (χ4n) is 5.57. The molecular weight excluding hydrogens is 676 g/mol. The Bertz CT molecular complexity index is 2240. The predicted molar refractivity (Wildman–Crippen MR) is 154 cm³/mol. The quantitative estimate of drug-likeness (QED) is 0.196. The minimum absolute atomic E-state index is 0.163. The van der Waals surface area contributed by atoms with Gasteiger partial charge in [0.15, 0.2) is 0 Å². The van der Waals surface area contributed by atoms with Crippen LogP contribution in [0.3, 0.4) is 0 Å². The van der Waals surface area contributed by atoms with Crippen molar-refractivity contribution in [2.24, 2.45) is 0 Å². The number of benzene rings is 3. The Labute approximate surface area is 275 Å². The third kappa shape index (κ3) is 5.82. The Morgan fingerprint density at radius 1 is 0.480 bits per heavy atom. The highest BCUT2D eigenvalue weighted by atomic mass is 19.4. The van der Waals surface area contributed by atoms with Crippen molar-refractivity contribution in [2.75, 3.05) is 0 Å². The summed E-state index contributed by atoms with van der Waals surface area (Å²) in [6.45, 7) is 0. The molecule has 3 aromatic carbocycles. The van der Waals surface area contributed by atoms with Gasteiger partial charge in [-0.25, -0.2) is 8.78 Å². The standard InChI is InChI=1S/C34H8F8N6O2/c35-27-8-24(32-26(14-48)22-6-18(50-34(40,41)42)2-4-20(22)30(32)16(11-45)12-46)28(36)7-23(27)31-25(13-47)21-5-17(49-33(37,38)39)1-3-19(21)29(31)15(9-43)10-44/h1-8H. The molecular formula is C34H8F8N6O2. The maximum atomic E-state index is 16.2. The Balaban J connectivity index is 1.80. The van der Waals surface area contributed by atoms with E-state index >= 15 is 8.78 Å². The largest absolute Gasteiger partial charge is 0.573 e. The third-order valence-corrected chi connectivity index (χ3v) is 7.29. The molecule has 8 nitrogen and oxygen atoms in total. The molecule has 5 rings (SSSR count). The second kappa shape index (κ2) is 12.3. The highest BCUT2D eigenvalue weighted by molar-refractivity contribution is 6.27. The zero-order valence-electron chi connectivity index (χ0n) is 24.1. The van der Waals surface area contributed by atoms with Crippen LogP contribution in [0.1, 0.15) is 33.4 Å². The van der Waals surface area contributed by atoms with E-state index in [1.807, 2.05) is 0 Å². The van der Waals surface area contributed by atoms with Crippen molar-refractivity contribution in [3.05, 3.63) is 105 Å². The van der Waals surface area contributed by atoms with Gasteiger partial charge < -0.3 is 9.47 Å². The Morgan fingerprint density at radius 3 is 1.10 bits per heavy atom. The van der Waals surface area contributed by atoms with Gasteiger partial charge >= 0.3 is 12.7 Å². The van der Waals surface area contributed by atoms with Gasteiger partial charge in [0.25, 0.3) is 0 Å². The first kappa shape index (κ1) is 33.9. The number of fused-ring (bicyclic) bond motifs is 2. The van der Waals surface area contributed by atoms with Crippen LogP contribution in [0, 0.1) is 79.6 Å². The van der Waals surface area contributed by atoms with E-state index < -0.39 is 91.6 Å². The van der Waals surface area contributed by atoms with Crippen LogP contribution in [-0.2, 0) is 0 Å². The molecule has 0 aromatic heterocycles. The molecule has 242 valence electrons. The van der Waals surface area contributed by atoms with E-state index in [1.54, 1.807) is 36.4 Å². The molecule has 0 atom stereocenters. The van der Waals surface area contributed by atoms with E-state index in [2.05, 4.69) is 9.47 Å². The van der Waals surface area contributed by atoms with Crippen LogP contribution in [0.15, 0.2) is 59.7 Å². The molecule has 0 radical (unpaired) electrons. The van der Waals surface area contributed by atoms with E-state index in [0.717, 1.165) is 36.4 Å². The van der Waals surface area contributed by atoms with Crippen LogP contribution >= 0.6 is 0 Å². The average Bonchev–Trinajstić information content (AvgIpc) is 3.53. The van der Waals surface area contributed by atoms with Gasteiger partial charge in [-0.05, 0) is 59.7 Å². The van der Waals surface area contributed by atoms with Gasteiger partial charge in [-0.15, -0.1) is 26.3 Å². The maximum absolute atomic E-state index is 16.2. The molecule has 0 aliphatic heterocycles. The summed E-state index contributed by atoms with van der Waals surface area (Å²) in [5.41, 5.74) is -7.06. The molecule has 0 unspecified atom stereocenters. The third-order valence-electron chi connectivity index (χ3n) is 7.29. The van der Waals surface area contributed by atoms with Crippen LogP contribution in [0.5, 0.6) is 11.5 Å². The van der Waals surface area contributed by atoms with Gasteiger partial charge in [-0.3, -0.25) is 0 Å². The summed E-state index contributed by atoms with van der Waals surface area (Å²) < 4.78 is 118. The number of nitrogens with zero attached hydrogens (tertiary/aromatic N) is 6. The van der Waals surface area contributed by atoms with Crippen molar-refractivity contribution in [2.45, 2.75) is 12.7 Å². The first-order chi connectivity index (χ1) is 23.6. The van der Waals surface area contributed by atoms with E-state index in [1.165, 1.54) is 0 Å². The van der Waals surface area contributed by atoms with Crippen LogP contribution in [-0.4, -0.2) is 12.7 Å². The molecule has 0 saturated carbocycles. The molecule has 3 aromatic rings. The average molecular weight is 684 g/mol. The minimum atomic E-state index is -5.16. The van der Waals surface area contributed by atoms with E-state index in [-0.39, 0.29) is 22.3 Å². The number of nitriles is 6. The summed E-state index contributed by atoms with van der Waals surface area (Å²) in [5, 5.41) is 58.7. The summed E-state index contributed by atoms with van der Waals surface area (Å²) in [6.07, 6.45) is -10.3. The number of hydrogen-bond donors (Lipinski definition) is 0. The summed E-state index contributed by atoms with van der Waals surface area (Å²) in [7, 11) is 0. The fourth-order valence-corrected chi connectivity index (χ4v) is 5.57. The highest BCUT2D eigenvalue weighted by Gasteiger charge is 2.38. The van der Waals surface area contributed by atoms with Crippen LogP contribution < -0.4 is 9.47 Å². The van der Waals surface area contributed by atoms with Gasteiger partial charge in [0.1, 0.15) is 70.7 Å². The normalized spacial score (nSPS) is 13.2. The molecule has 0 bridgehead atoms. The van der Waals surface area contributed by atoms with Crippen molar-refractivity contribution in [1.82, 2.24) is 0 Å². The molecule has 0 spiro atoms. The second-order valence-electron chi connectivity index (χ2n) is 9.99. The Kier molecular flexibility index (Phi) is 8.37. The van der Waals surface area contributed by atoms with Gasteiger partial charge in [0, 0.05) is 44.5 Å². The first-order valence-electron chi connectivity index (χ1n) is 13.3. The fraction of sp³-hybridized carbons (Fsp3) is 0.0588.